The van der Waals surface area contributed by atoms with Gasteiger partial charge in [0.2, 0.25) is 6.19 Å². The fraction of sp³-hybridized carbons (Fsp3) is 0. The number of nitrogens with zero attached hydrogens (tertiary/aromatic N) is 3. The van der Waals surface area contributed by atoms with Gasteiger partial charge in [-0.05, 0) is 6.08 Å². The van der Waals surface area contributed by atoms with Crippen LogP contribution >= 0.6 is 0 Å². The largest absolute Gasteiger partial charge is 0.483 e. The number of carboxylic acid groups (broad SMARTS) is 1. The predicted molar refractivity (Wildman–Crippen MR) is 36.9 cm³/mol. The molecule has 0 amide bonds. The van der Waals surface area contributed by atoms with Gasteiger partial charge in [0.05, 0.1) is 6.21 Å². The lowest BCUT2D eigenvalue weighted by molar-refractivity contribution is -0.122. The third kappa shape index (κ3) is 4.47. The molecule has 0 aromatic heterocycles. The standard InChI is InChI=1S/C4H4N4.CH2O2/c5-4-8-6-2-1-3-7-8;2-1-3/h1-3,6H;1H,(H,2,3). The predicted octanol–water partition coefficient (Wildman–Crippen LogP) is -0.512. The van der Waals surface area contributed by atoms with Crippen LogP contribution in [0.5, 0.6) is 0 Å². The van der Waals surface area contributed by atoms with E-state index in [-0.39, 0.29) is 6.47 Å². The number of hydrazone groups is 1. The maximum Gasteiger partial charge on any atom is 0.290 e. The van der Waals surface area contributed by atoms with Gasteiger partial charge in [0.1, 0.15) is 0 Å². The van der Waals surface area contributed by atoms with Crippen molar-refractivity contribution in [3.05, 3.63) is 12.3 Å². The summed E-state index contributed by atoms with van der Waals surface area (Å²) in [6.45, 7) is -0.250. The van der Waals surface area contributed by atoms with Gasteiger partial charge >= 0.3 is 0 Å². The summed E-state index contributed by atoms with van der Waals surface area (Å²) < 4.78 is 0. The highest BCUT2D eigenvalue weighted by Gasteiger charge is 1.91. The van der Waals surface area contributed by atoms with Crippen LogP contribution < -0.4 is 5.43 Å². The molecule has 0 saturated carbocycles. The summed E-state index contributed by atoms with van der Waals surface area (Å²) in [5.74, 6) is 0. The van der Waals surface area contributed by atoms with Crippen LogP contribution in [0.15, 0.2) is 17.4 Å². The molecule has 1 aliphatic rings. The van der Waals surface area contributed by atoms with E-state index in [0.29, 0.717) is 0 Å². The molecule has 0 aliphatic carbocycles. The Labute approximate surface area is 63.0 Å². The fourth-order valence-electron chi connectivity index (χ4n) is 0.350. The minimum absolute atomic E-state index is 0.250. The van der Waals surface area contributed by atoms with Gasteiger partial charge < -0.3 is 5.11 Å². The zero-order valence-corrected chi connectivity index (χ0v) is 5.51. The fourth-order valence-corrected chi connectivity index (χ4v) is 0.350. The Balaban J connectivity index is 0.000000292. The molecule has 0 aromatic carbocycles. The average molecular weight is 154 g/mol. The Morgan fingerprint density at radius 1 is 1.82 bits per heavy atom. The van der Waals surface area contributed by atoms with E-state index in [4.69, 9.17) is 15.2 Å². The molecule has 0 saturated heterocycles. The molecule has 0 unspecified atom stereocenters. The number of hydrogen-bond donors (Lipinski definition) is 2. The number of hydrogen-bond acceptors (Lipinski definition) is 5. The van der Waals surface area contributed by atoms with Crippen LogP contribution in [0.4, 0.5) is 0 Å². The van der Waals surface area contributed by atoms with Gasteiger partial charge in [-0.15, -0.1) is 5.12 Å². The van der Waals surface area contributed by atoms with Crippen LogP contribution in [0.25, 0.3) is 0 Å². The SMILES string of the molecule is N#CN1N=CC=CN1.O=CO. The Morgan fingerprint density at radius 2 is 2.45 bits per heavy atom. The number of hydrazine groups is 1. The zero-order chi connectivity index (χ0) is 8.53. The summed E-state index contributed by atoms with van der Waals surface area (Å²) >= 11 is 0. The van der Waals surface area contributed by atoms with Crippen molar-refractivity contribution in [1.82, 2.24) is 10.5 Å². The Hall–Kier alpha value is -2.03. The summed E-state index contributed by atoms with van der Waals surface area (Å²) in [7, 11) is 0. The van der Waals surface area contributed by atoms with Gasteiger partial charge in [-0.3, -0.25) is 10.2 Å². The molecule has 58 valence electrons. The number of carbonyl (C=O) groups is 1. The molecule has 1 aliphatic heterocycles. The lowest BCUT2D eigenvalue weighted by Gasteiger charge is -2.08. The zero-order valence-electron chi connectivity index (χ0n) is 5.51. The summed E-state index contributed by atoms with van der Waals surface area (Å²) in [6.07, 6.45) is 6.63. The number of nitrogens with one attached hydrogen (secondary N) is 1. The highest BCUT2D eigenvalue weighted by atomic mass is 16.3. The second-order valence-corrected chi connectivity index (χ2v) is 1.27. The smallest absolute Gasteiger partial charge is 0.290 e. The average Bonchev–Trinajstić information content (AvgIpc) is 2.08. The molecule has 1 heterocycles. The van der Waals surface area contributed by atoms with Crippen LogP contribution in [-0.4, -0.2) is 22.9 Å². The molecule has 2 N–H and O–H groups in total. The number of nitriles is 1. The molecule has 0 spiro atoms. The second kappa shape index (κ2) is 6.10. The molecular formula is C5H6N4O2. The lowest BCUT2D eigenvalue weighted by Crippen LogP contribution is -2.25. The molecule has 0 radical (unpaired) electrons. The van der Waals surface area contributed by atoms with Crippen LogP contribution in [-0.2, 0) is 4.79 Å². The van der Waals surface area contributed by atoms with E-state index in [1.165, 1.54) is 6.21 Å². The van der Waals surface area contributed by atoms with Crippen molar-refractivity contribution in [3.8, 4) is 6.19 Å². The number of allylic oxidation sites excluding steroid dienone is 1. The van der Waals surface area contributed by atoms with Crippen molar-refractivity contribution in [2.24, 2.45) is 5.10 Å². The first-order valence-electron chi connectivity index (χ1n) is 2.58. The first kappa shape index (κ1) is 8.97. The normalized spacial score (nSPS) is 12.1. The maximum atomic E-state index is 8.36. The van der Waals surface area contributed by atoms with Crippen molar-refractivity contribution < 1.29 is 9.90 Å². The summed E-state index contributed by atoms with van der Waals surface area (Å²) in [4.78, 5) is 8.36. The first-order chi connectivity index (χ1) is 5.35. The summed E-state index contributed by atoms with van der Waals surface area (Å²) in [5, 5.41) is 19.7. The minimum atomic E-state index is -0.250. The first-order valence-corrected chi connectivity index (χ1v) is 2.58. The Kier molecular flexibility index (Phi) is 4.97. The highest BCUT2D eigenvalue weighted by molar-refractivity contribution is 5.71. The second-order valence-electron chi connectivity index (χ2n) is 1.27. The van der Waals surface area contributed by atoms with E-state index >= 15 is 0 Å². The quantitative estimate of drug-likeness (QED) is 0.362. The third-order valence-corrected chi connectivity index (χ3v) is 0.656. The number of rotatable bonds is 0. The maximum absolute atomic E-state index is 8.36. The molecule has 6 heteroatoms. The molecule has 0 fully saturated rings. The van der Waals surface area contributed by atoms with Crippen LogP contribution in [0, 0.1) is 11.5 Å². The van der Waals surface area contributed by atoms with E-state index in [1.807, 2.05) is 0 Å². The lowest BCUT2D eigenvalue weighted by atomic mass is 10.6. The van der Waals surface area contributed by atoms with E-state index < -0.39 is 0 Å². The molecule has 1 rings (SSSR count). The molecule has 0 aromatic rings. The van der Waals surface area contributed by atoms with Crippen molar-refractivity contribution in [2.75, 3.05) is 0 Å². The summed E-state index contributed by atoms with van der Waals surface area (Å²) in [5.41, 5.74) is 2.56. The van der Waals surface area contributed by atoms with Crippen molar-refractivity contribution in [2.45, 2.75) is 0 Å². The van der Waals surface area contributed by atoms with Crippen molar-refractivity contribution in [3.63, 3.8) is 0 Å². The monoisotopic (exact) mass is 154 g/mol. The van der Waals surface area contributed by atoms with Gasteiger partial charge in [-0.1, -0.05) is 0 Å². The molecular weight excluding hydrogens is 148 g/mol. The van der Waals surface area contributed by atoms with E-state index in [0.717, 1.165) is 5.12 Å². The van der Waals surface area contributed by atoms with Crippen molar-refractivity contribution >= 4 is 12.7 Å². The molecule has 11 heavy (non-hydrogen) atoms. The van der Waals surface area contributed by atoms with Crippen LogP contribution in [0.1, 0.15) is 0 Å². The molecule has 0 atom stereocenters. The van der Waals surface area contributed by atoms with Crippen LogP contribution in [0.3, 0.4) is 0 Å². The molecule has 6 nitrogen and oxygen atoms in total. The Bertz CT molecular complexity index is 205. The van der Waals surface area contributed by atoms with Gasteiger partial charge in [-0.25, -0.2) is 0 Å². The topological polar surface area (TPSA) is 88.7 Å². The van der Waals surface area contributed by atoms with Gasteiger partial charge in [-0.2, -0.15) is 10.4 Å². The minimum Gasteiger partial charge on any atom is -0.483 e. The summed E-state index contributed by atoms with van der Waals surface area (Å²) in [6, 6.07) is 0. The van der Waals surface area contributed by atoms with Gasteiger partial charge in [0.15, 0.2) is 0 Å². The third-order valence-electron chi connectivity index (χ3n) is 0.656. The van der Waals surface area contributed by atoms with Crippen molar-refractivity contribution in [1.29, 1.82) is 5.26 Å². The van der Waals surface area contributed by atoms with Crippen LogP contribution in [0.2, 0.25) is 0 Å². The van der Waals surface area contributed by atoms with E-state index in [1.54, 1.807) is 18.5 Å². The molecule has 0 bridgehead atoms. The highest BCUT2D eigenvalue weighted by Crippen LogP contribution is 1.83. The van der Waals surface area contributed by atoms with Gasteiger partial charge in [0, 0.05) is 6.20 Å². The Morgan fingerprint density at radius 3 is 2.73 bits per heavy atom. The van der Waals surface area contributed by atoms with E-state index in [2.05, 4.69) is 10.5 Å². The van der Waals surface area contributed by atoms with Gasteiger partial charge in [0.25, 0.3) is 6.47 Å². The van der Waals surface area contributed by atoms with E-state index in [9.17, 15) is 0 Å².